The first-order valence-corrected chi connectivity index (χ1v) is 3.56. The van der Waals surface area contributed by atoms with E-state index >= 15 is 0 Å². The summed E-state index contributed by atoms with van der Waals surface area (Å²) in [5, 5.41) is 9.21. The lowest BCUT2D eigenvalue weighted by atomic mass is 9.86. The maximum atomic E-state index is 9.21. The predicted molar refractivity (Wildman–Crippen MR) is 39.2 cm³/mol. The zero-order valence-electron chi connectivity index (χ0n) is 5.90. The highest BCUT2D eigenvalue weighted by atomic mass is 16.3. The summed E-state index contributed by atoms with van der Waals surface area (Å²) in [5.74, 6) is 0. The van der Waals surface area contributed by atoms with Crippen molar-refractivity contribution in [2.75, 3.05) is 0 Å². The van der Waals surface area contributed by atoms with E-state index in [0.29, 0.717) is 12.8 Å². The molecule has 1 rings (SSSR count). The van der Waals surface area contributed by atoms with E-state index in [4.69, 9.17) is 17.2 Å². The Hall–Kier alpha value is -0.160. The molecule has 0 heterocycles. The molecule has 1 fully saturated rings. The number of hydrogen-bond donors (Lipinski definition) is 4. The second-order valence-electron chi connectivity index (χ2n) is 3.03. The lowest BCUT2D eigenvalue weighted by molar-refractivity contribution is 0.0911. The lowest BCUT2D eigenvalue weighted by Gasteiger charge is -2.33. The summed E-state index contributed by atoms with van der Waals surface area (Å²) in [7, 11) is 0. The molecule has 1 saturated carbocycles. The Labute approximate surface area is 60.4 Å². The van der Waals surface area contributed by atoms with E-state index in [1.807, 2.05) is 0 Å². The monoisotopic (exact) mass is 145 g/mol. The molecule has 4 unspecified atom stereocenters. The van der Waals surface area contributed by atoms with Crippen LogP contribution in [-0.4, -0.2) is 29.3 Å². The van der Waals surface area contributed by atoms with Gasteiger partial charge in [0.15, 0.2) is 0 Å². The molecule has 7 N–H and O–H groups in total. The number of hydrogen-bond acceptors (Lipinski definition) is 4. The highest BCUT2D eigenvalue weighted by Gasteiger charge is 2.29. The molecule has 1 aliphatic rings. The summed E-state index contributed by atoms with van der Waals surface area (Å²) in [6, 6.07) is -0.317. The van der Waals surface area contributed by atoms with E-state index in [1.165, 1.54) is 0 Å². The molecule has 10 heavy (non-hydrogen) atoms. The van der Waals surface area contributed by atoms with Crippen molar-refractivity contribution in [2.45, 2.75) is 37.1 Å². The Balaban J connectivity index is 2.46. The van der Waals surface area contributed by atoms with Gasteiger partial charge in [0.1, 0.15) is 0 Å². The molecular formula is C6H15N3O. The van der Waals surface area contributed by atoms with Crippen molar-refractivity contribution in [2.24, 2.45) is 17.2 Å². The number of aliphatic hydroxyl groups is 1. The SMILES string of the molecule is NC1CC(N)C(O)CC1N. The second kappa shape index (κ2) is 2.84. The fourth-order valence-corrected chi connectivity index (χ4v) is 1.27. The molecule has 60 valence electrons. The van der Waals surface area contributed by atoms with E-state index < -0.39 is 6.10 Å². The zero-order chi connectivity index (χ0) is 7.72. The fourth-order valence-electron chi connectivity index (χ4n) is 1.27. The van der Waals surface area contributed by atoms with Crippen LogP contribution in [0.1, 0.15) is 12.8 Å². The molecule has 4 nitrogen and oxygen atoms in total. The van der Waals surface area contributed by atoms with Gasteiger partial charge in [-0.1, -0.05) is 0 Å². The van der Waals surface area contributed by atoms with Crippen molar-refractivity contribution in [3.05, 3.63) is 0 Å². The summed E-state index contributed by atoms with van der Waals surface area (Å²) in [6.45, 7) is 0. The van der Waals surface area contributed by atoms with Gasteiger partial charge in [-0.15, -0.1) is 0 Å². The lowest BCUT2D eigenvalue weighted by Crippen LogP contribution is -2.55. The van der Waals surface area contributed by atoms with Crippen molar-refractivity contribution >= 4 is 0 Å². The minimum absolute atomic E-state index is 0.0431. The molecule has 0 spiro atoms. The van der Waals surface area contributed by atoms with Gasteiger partial charge in [0.25, 0.3) is 0 Å². The fraction of sp³-hybridized carbons (Fsp3) is 1.00. The average molecular weight is 145 g/mol. The van der Waals surface area contributed by atoms with Gasteiger partial charge in [0.05, 0.1) is 6.10 Å². The second-order valence-corrected chi connectivity index (χ2v) is 3.03. The van der Waals surface area contributed by atoms with E-state index in [-0.39, 0.29) is 18.1 Å². The molecule has 4 heteroatoms. The van der Waals surface area contributed by atoms with Gasteiger partial charge in [0.2, 0.25) is 0 Å². The molecule has 0 radical (unpaired) electrons. The van der Waals surface area contributed by atoms with Crippen LogP contribution in [0.2, 0.25) is 0 Å². The molecule has 1 aliphatic carbocycles. The van der Waals surface area contributed by atoms with Gasteiger partial charge in [-0.25, -0.2) is 0 Å². The molecule has 0 aromatic rings. The van der Waals surface area contributed by atoms with Gasteiger partial charge in [0, 0.05) is 18.1 Å². The van der Waals surface area contributed by atoms with E-state index in [1.54, 1.807) is 0 Å². The minimum atomic E-state index is -0.463. The van der Waals surface area contributed by atoms with E-state index in [2.05, 4.69) is 0 Å². The summed E-state index contributed by atoms with van der Waals surface area (Å²) in [6.07, 6.45) is 0.694. The van der Waals surface area contributed by atoms with Crippen molar-refractivity contribution in [1.82, 2.24) is 0 Å². The Kier molecular flexibility index (Phi) is 2.25. The van der Waals surface area contributed by atoms with Crippen LogP contribution < -0.4 is 17.2 Å². The summed E-state index contributed by atoms with van der Waals surface area (Å²) < 4.78 is 0. The van der Waals surface area contributed by atoms with Crippen molar-refractivity contribution in [3.8, 4) is 0 Å². The first-order valence-electron chi connectivity index (χ1n) is 3.56. The molecule has 0 aromatic heterocycles. The van der Waals surface area contributed by atoms with Crippen LogP contribution in [0.3, 0.4) is 0 Å². The van der Waals surface area contributed by atoms with Crippen molar-refractivity contribution < 1.29 is 5.11 Å². The Morgan fingerprint density at radius 2 is 1.40 bits per heavy atom. The average Bonchev–Trinajstić information content (AvgIpc) is 1.84. The molecule has 0 bridgehead atoms. The van der Waals surface area contributed by atoms with Gasteiger partial charge >= 0.3 is 0 Å². The van der Waals surface area contributed by atoms with Gasteiger partial charge in [-0.2, -0.15) is 0 Å². The summed E-state index contributed by atoms with van der Waals surface area (Å²) in [4.78, 5) is 0. The molecule has 0 aromatic carbocycles. The van der Waals surface area contributed by atoms with Crippen LogP contribution in [0.15, 0.2) is 0 Å². The van der Waals surface area contributed by atoms with Crippen LogP contribution in [-0.2, 0) is 0 Å². The first kappa shape index (κ1) is 7.94. The van der Waals surface area contributed by atoms with Crippen molar-refractivity contribution in [3.63, 3.8) is 0 Å². The molecular weight excluding hydrogens is 130 g/mol. The molecule has 4 atom stereocenters. The topological polar surface area (TPSA) is 98.3 Å². The van der Waals surface area contributed by atoms with Gasteiger partial charge < -0.3 is 22.3 Å². The third kappa shape index (κ3) is 1.46. The quantitative estimate of drug-likeness (QED) is 0.321. The van der Waals surface area contributed by atoms with Gasteiger partial charge in [-0.3, -0.25) is 0 Å². The first-order chi connectivity index (χ1) is 4.61. The zero-order valence-corrected chi connectivity index (χ0v) is 5.90. The molecule has 0 amide bonds. The maximum Gasteiger partial charge on any atom is 0.0707 e. The van der Waals surface area contributed by atoms with Crippen LogP contribution in [0, 0.1) is 0 Å². The Bertz CT molecular complexity index is 93.6. The maximum absolute atomic E-state index is 9.21. The van der Waals surface area contributed by atoms with Crippen LogP contribution in [0.25, 0.3) is 0 Å². The smallest absolute Gasteiger partial charge is 0.0707 e. The standard InChI is InChI=1S/C6H15N3O/c7-3-1-5(9)6(10)2-4(3)8/h3-6,10H,1-2,7-9H2. The Morgan fingerprint density at radius 3 is 1.90 bits per heavy atom. The predicted octanol–water partition coefficient (Wildman–Crippen LogP) is -1.88. The van der Waals surface area contributed by atoms with Crippen LogP contribution in [0.5, 0.6) is 0 Å². The number of aliphatic hydroxyl groups excluding tert-OH is 1. The van der Waals surface area contributed by atoms with E-state index in [9.17, 15) is 5.11 Å². The van der Waals surface area contributed by atoms with Crippen molar-refractivity contribution in [1.29, 1.82) is 0 Å². The third-order valence-electron chi connectivity index (χ3n) is 2.10. The molecule has 0 saturated heterocycles. The normalized spacial score (nSPS) is 49.2. The van der Waals surface area contributed by atoms with Crippen LogP contribution >= 0.6 is 0 Å². The third-order valence-corrected chi connectivity index (χ3v) is 2.10. The van der Waals surface area contributed by atoms with Crippen LogP contribution in [0.4, 0.5) is 0 Å². The highest BCUT2D eigenvalue weighted by molar-refractivity contribution is 4.91. The largest absolute Gasteiger partial charge is 0.391 e. The minimum Gasteiger partial charge on any atom is -0.391 e. The van der Waals surface area contributed by atoms with Gasteiger partial charge in [-0.05, 0) is 12.8 Å². The van der Waals surface area contributed by atoms with E-state index in [0.717, 1.165) is 0 Å². The number of nitrogens with two attached hydrogens (primary N) is 3. The summed E-state index contributed by atoms with van der Waals surface area (Å²) >= 11 is 0. The number of rotatable bonds is 0. The molecule has 0 aliphatic heterocycles. The summed E-state index contributed by atoms with van der Waals surface area (Å²) in [5.41, 5.74) is 16.8. The Morgan fingerprint density at radius 1 is 0.900 bits per heavy atom. The highest BCUT2D eigenvalue weighted by Crippen LogP contribution is 2.14.